The third kappa shape index (κ3) is 3.74. The fraction of sp³-hybridized carbons (Fsp3) is 0.636. The first-order chi connectivity index (χ1) is 8.06. The van der Waals surface area contributed by atoms with Gasteiger partial charge in [0, 0.05) is 6.54 Å². The summed E-state index contributed by atoms with van der Waals surface area (Å²) in [6.07, 6.45) is 1.68. The average Bonchev–Trinajstić information content (AvgIpc) is 2.28. The number of hydrogen-bond donors (Lipinski definition) is 2. The van der Waals surface area contributed by atoms with Crippen LogP contribution >= 0.6 is 0 Å². The summed E-state index contributed by atoms with van der Waals surface area (Å²) in [5, 5.41) is 11.4. The first-order valence-corrected chi connectivity index (χ1v) is 5.54. The second kappa shape index (κ2) is 6.24. The Morgan fingerprint density at radius 3 is 2.94 bits per heavy atom. The second-order valence-corrected chi connectivity index (χ2v) is 3.98. The number of nitrogens with zero attached hydrogens (tertiary/aromatic N) is 1. The molecule has 1 aliphatic heterocycles. The fourth-order valence-corrected chi connectivity index (χ4v) is 1.65. The van der Waals surface area contributed by atoms with Crippen LogP contribution in [0, 0.1) is 0 Å². The van der Waals surface area contributed by atoms with E-state index in [0.29, 0.717) is 19.8 Å². The fourth-order valence-electron chi connectivity index (χ4n) is 1.65. The molecular formula is C11H18N2O4. The van der Waals surface area contributed by atoms with E-state index in [4.69, 9.17) is 9.84 Å². The van der Waals surface area contributed by atoms with Crippen LogP contribution in [0.25, 0.3) is 0 Å². The highest BCUT2D eigenvalue weighted by molar-refractivity contribution is 5.82. The molecule has 0 aliphatic carbocycles. The summed E-state index contributed by atoms with van der Waals surface area (Å²) in [7, 11) is 0. The third-order valence-corrected chi connectivity index (χ3v) is 2.63. The molecule has 1 fully saturated rings. The van der Waals surface area contributed by atoms with Crippen molar-refractivity contribution < 1.29 is 19.4 Å². The van der Waals surface area contributed by atoms with Crippen molar-refractivity contribution >= 4 is 12.0 Å². The first kappa shape index (κ1) is 13.5. The summed E-state index contributed by atoms with van der Waals surface area (Å²) in [5.41, 5.74) is 0. The van der Waals surface area contributed by atoms with E-state index in [0.717, 1.165) is 0 Å². The van der Waals surface area contributed by atoms with E-state index in [9.17, 15) is 9.59 Å². The molecule has 0 spiro atoms. The van der Waals surface area contributed by atoms with Crippen LogP contribution in [0.5, 0.6) is 0 Å². The number of hydrogen-bond acceptors (Lipinski definition) is 3. The topological polar surface area (TPSA) is 78.9 Å². The molecule has 0 aromatic heterocycles. The van der Waals surface area contributed by atoms with Gasteiger partial charge in [-0.25, -0.2) is 9.59 Å². The molecule has 1 aliphatic rings. The predicted molar refractivity (Wildman–Crippen MR) is 61.8 cm³/mol. The van der Waals surface area contributed by atoms with Crippen molar-refractivity contribution in [1.82, 2.24) is 10.2 Å². The maximum atomic E-state index is 11.9. The largest absolute Gasteiger partial charge is 0.480 e. The van der Waals surface area contributed by atoms with Gasteiger partial charge in [0.2, 0.25) is 0 Å². The summed E-state index contributed by atoms with van der Waals surface area (Å²) in [6, 6.07) is -1.33. The van der Waals surface area contributed by atoms with Gasteiger partial charge in [0.1, 0.15) is 6.04 Å². The van der Waals surface area contributed by atoms with Crippen molar-refractivity contribution in [3.05, 3.63) is 12.7 Å². The predicted octanol–water partition coefficient (Wildman–Crippen LogP) is 0.446. The molecule has 1 rings (SSSR count). The lowest BCUT2D eigenvalue weighted by atomic mass is 10.2. The van der Waals surface area contributed by atoms with Crippen molar-refractivity contribution in [2.75, 3.05) is 19.8 Å². The highest BCUT2D eigenvalue weighted by Crippen LogP contribution is 2.07. The van der Waals surface area contributed by atoms with Gasteiger partial charge in [-0.3, -0.25) is 0 Å². The van der Waals surface area contributed by atoms with Crippen molar-refractivity contribution in [2.24, 2.45) is 0 Å². The van der Waals surface area contributed by atoms with Crippen LogP contribution in [0.15, 0.2) is 12.7 Å². The number of morpholine rings is 1. The minimum absolute atomic E-state index is 0.0399. The Morgan fingerprint density at radius 2 is 2.41 bits per heavy atom. The molecule has 6 nitrogen and oxygen atoms in total. The van der Waals surface area contributed by atoms with Crippen LogP contribution in [0.1, 0.15) is 13.3 Å². The zero-order valence-corrected chi connectivity index (χ0v) is 9.89. The number of nitrogens with one attached hydrogen (secondary N) is 1. The Balaban J connectivity index is 2.56. The highest BCUT2D eigenvalue weighted by Gasteiger charge is 2.27. The van der Waals surface area contributed by atoms with E-state index in [1.165, 1.54) is 6.08 Å². The van der Waals surface area contributed by atoms with Gasteiger partial charge in [-0.15, -0.1) is 6.58 Å². The molecule has 0 radical (unpaired) electrons. The molecule has 6 heteroatoms. The van der Waals surface area contributed by atoms with Gasteiger partial charge < -0.3 is 20.1 Å². The number of amides is 2. The first-order valence-electron chi connectivity index (χ1n) is 5.54. The Labute approximate surface area is 100 Å². The number of urea groups is 1. The van der Waals surface area contributed by atoms with Gasteiger partial charge in [-0.05, 0) is 13.3 Å². The van der Waals surface area contributed by atoms with E-state index in [-0.39, 0.29) is 18.5 Å². The van der Waals surface area contributed by atoms with Gasteiger partial charge in [-0.2, -0.15) is 0 Å². The maximum Gasteiger partial charge on any atom is 0.326 e. The summed E-state index contributed by atoms with van der Waals surface area (Å²) >= 11 is 0. The molecule has 0 bridgehead atoms. The van der Waals surface area contributed by atoms with E-state index in [2.05, 4.69) is 11.9 Å². The molecule has 0 aromatic rings. The number of carbonyl (C=O) groups excluding carboxylic acids is 1. The lowest BCUT2D eigenvalue weighted by molar-refractivity contribution is -0.139. The third-order valence-electron chi connectivity index (χ3n) is 2.63. The average molecular weight is 242 g/mol. The molecule has 2 unspecified atom stereocenters. The summed E-state index contributed by atoms with van der Waals surface area (Å²) in [4.78, 5) is 24.3. The van der Waals surface area contributed by atoms with Crippen LogP contribution in [0.2, 0.25) is 0 Å². The van der Waals surface area contributed by atoms with Gasteiger partial charge >= 0.3 is 12.0 Å². The number of carboxylic acids is 1. The monoisotopic (exact) mass is 242 g/mol. The summed E-state index contributed by atoms with van der Waals surface area (Å²) in [6.45, 7) is 6.77. The van der Waals surface area contributed by atoms with Crippen molar-refractivity contribution in [2.45, 2.75) is 25.4 Å². The van der Waals surface area contributed by atoms with E-state index in [1.807, 2.05) is 6.92 Å². The molecule has 2 amide bonds. The minimum Gasteiger partial charge on any atom is -0.480 e. The lowest BCUT2D eigenvalue weighted by Crippen LogP contribution is -2.54. The number of rotatable bonds is 4. The molecule has 96 valence electrons. The molecule has 17 heavy (non-hydrogen) atoms. The van der Waals surface area contributed by atoms with Crippen molar-refractivity contribution in [3.63, 3.8) is 0 Å². The smallest absolute Gasteiger partial charge is 0.326 e. The molecular weight excluding hydrogens is 224 g/mol. The maximum absolute atomic E-state index is 11.9. The molecule has 1 saturated heterocycles. The summed E-state index contributed by atoms with van der Waals surface area (Å²) < 4.78 is 5.21. The lowest BCUT2D eigenvalue weighted by Gasteiger charge is -2.34. The Kier molecular flexibility index (Phi) is 4.96. The number of carbonyl (C=O) groups is 2. The van der Waals surface area contributed by atoms with Crippen LogP contribution in [0.3, 0.4) is 0 Å². The van der Waals surface area contributed by atoms with Crippen LogP contribution in [-0.2, 0) is 9.53 Å². The number of aliphatic carboxylic acids is 1. The van der Waals surface area contributed by atoms with E-state index < -0.39 is 12.0 Å². The second-order valence-electron chi connectivity index (χ2n) is 3.98. The zero-order valence-electron chi connectivity index (χ0n) is 9.89. The van der Waals surface area contributed by atoms with Gasteiger partial charge in [-0.1, -0.05) is 6.08 Å². The number of ether oxygens (including phenoxy) is 1. The van der Waals surface area contributed by atoms with E-state index in [1.54, 1.807) is 4.90 Å². The molecule has 2 atom stereocenters. The summed E-state index contributed by atoms with van der Waals surface area (Å²) in [5.74, 6) is -1.06. The number of carboxylic acid groups (broad SMARTS) is 1. The zero-order chi connectivity index (χ0) is 12.8. The highest BCUT2D eigenvalue weighted by atomic mass is 16.5. The van der Waals surface area contributed by atoms with Crippen LogP contribution < -0.4 is 5.32 Å². The molecule has 0 saturated carbocycles. The van der Waals surface area contributed by atoms with Crippen molar-refractivity contribution in [1.29, 1.82) is 0 Å². The Bertz CT molecular complexity index is 306. The van der Waals surface area contributed by atoms with Gasteiger partial charge in [0.15, 0.2) is 0 Å². The van der Waals surface area contributed by atoms with Crippen LogP contribution in [-0.4, -0.2) is 53.8 Å². The minimum atomic E-state index is -1.06. The van der Waals surface area contributed by atoms with Crippen LogP contribution in [0.4, 0.5) is 4.79 Å². The molecule has 1 heterocycles. The SMILES string of the molecule is C=CCC(NC(=O)N1CCOCC1C)C(=O)O. The van der Waals surface area contributed by atoms with E-state index >= 15 is 0 Å². The Hall–Kier alpha value is -1.56. The van der Waals surface area contributed by atoms with Gasteiger partial charge in [0.25, 0.3) is 0 Å². The normalized spacial score (nSPS) is 21.7. The quantitative estimate of drug-likeness (QED) is 0.701. The van der Waals surface area contributed by atoms with Crippen molar-refractivity contribution in [3.8, 4) is 0 Å². The standard InChI is InChI=1S/C11H18N2O4/c1-3-4-9(10(14)15)12-11(16)13-5-6-17-7-8(13)2/h3,8-9H,1,4-7H2,2H3,(H,12,16)(H,14,15). The Morgan fingerprint density at radius 1 is 1.71 bits per heavy atom. The molecule has 2 N–H and O–H groups in total. The van der Waals surface area contributed by atoms with Gasteiger partial charge in [0.05, 0.1) is 19.3 Å². The molecule has 0 aromatic carbocycles.